The molecule has 1 aromatic carbocycles. The predicted octanol–water partition coefficient (Wildman–Crippen LogP) is 2.92. The van der Waals surface area contributed by atoms with Gasteiger partial charge in [-0.25, -0.2) is 4.98 Å². The van der Waals surface area contributed by atoms with Crippen molar-refractivity contribution in [1.29, 1.82) is 0 Å². The molecule has 2 N–H and O–H groups in total. The zero-order chi connectivity index (χ0) is 17.5. The monoisotopic (exact) mass is 343 g/mol. The van der Waals surface area contributed by atoms with Crippen LogP contribution in [0.4, 0.5) is 0 Å². The van der Waals surface area contributed by atoms with Crippen LogP contribution in [0.2, 0.25) is 0 Å². The van der Waals surface area contributed by atoms with Crippen molar-refractivity contribution in [3.63, 3.8) is 0 Å². The molecular formula is C20H29N3O2. The number of ether oxygens (including phenoxy) is 1. The lowest BCUT2D eigenvalue weighted by Crippen LogP contribution is -2.51. The molecule has 5 heteroatoms. The smallest absolute Gasteiger partial charge is 0.126 e. The summed E-state index contributed by atoms with van der Waals surface area (Å²) in [6, 6.07) is 8.13. The minimum atomic E-state index is -0.456. The van der Waals surface area contributed by atoms with E-state index in [1.54, 1.807) is 0 Å². The number of hydrogen-bond donors (Lipinski definition) is 2. The van der Waals surface area contributed by atoms with Crippen LogP contribution >= 0.6 is 0 Å². The standard InChI is InChI=1S/C20H29N3O2/c1-16-7-2-3-9-18(16)25-19-10-6-8-17(20(19)24)22-11-4-5-13-23-14-12-21-15-23/h2-3,7,9,12,14-15,17,19-20,22,24H,4-6,8,10-11,13H2,1H3/t17-,19+,20+/m0/s1. The van der Waals surface area contributed by atoms with Gasteiger partial charge in [-0.3, -0.25) is 0 Å². The first-order valence-electron chi connectivity index (χ1n) is 9.33. The van der Waals surface area contributed by atoms with Crippen LogP contribution in [0.1, 0.15) is 37.7 Å². The van der Waals surface area contributed by atoms with Crippen LogP contribution in [0.3, 0.4) is 0 Å². The second-order valence-electron chi connectivity index (χ2n) is 6.91. The highest BCUT2D eigenvalue weighted by Crippen LogP contribution is 2.26. The van der Waals surface area contributed by atoms with E-state index in [0.717, 1.165) is 56.5 Å². The van der Waals surface area contributed by atoms with Crippen LogP contribution in [0, 0.1) is 6.92 Å². The Balaban J connectivity index is 1.42. The van der Waals surface area contributed by atoms with Crippen molar-refractivity contribution in [2.24, 2.45) is 0 Å². The summed E-state index contributed by atoms with van der Waals surface area (Å²) in [6.45, 7) is 3.96. The Morgan fingerprint density at radius 3 is 2.96 bits per heavy atom. The number of imidazole rings is 1. The van der Waals surface area contributed by atoms with Crippen LogP contribution in [-0.4, -0.2) is 39.5 Å². The second-order valence-corrected chi connectivity index (χ2v) is 6.91. The SMILES string of the molecule is Cc1ccccc1O[C@@H]1CCC[C@H](NCCCCn2ccnc2)[C@H]1O. The third kappa shape index (κ3) is 5.06. The molecule has 0 radical (unpaired) electrons. The Morgan fingerprint density at radius 1 is 1.28 bits per heavy atom. The van der Waals surface area contributed by atoms with Gasteiger partial charge in [-0.05, 0) is 57.2 Å². The first kappa shape index (κ1) is 18.0. The third-order valence-corrected chi connectivity index (χ3v) is 4.98. The van der Waals surface area contributed by atoms with Crippen LogP contribution in [0.15, 0.2) is 43.0 Å². The van der Waals surface area contributed by atoms with Crippen molar-refractivity contribution in [2.45, 2.75) is 63.8 Å². The summed E-state index contributed by atoms with van der Waals surface area (Å²) in [7, 11) is 0. The predicted molar refractivity (Wildman–Crippen MR) is 98.7 cm³/mol. The molecule has 1 aliphatic rings. The van der Waals surface area contributed by atoms with E-state index >= 15 is 0 Å². The van der Waals surface area contributed by atoms with E-state index in [1.165, 1.54) is 0 Å². The van der Waals surface area contributed by atoms with Crippen molar-refractivity contribution in [3.05, 3.63) is 48.5 Å². The van der Waals surface area contributed by atoms with Gasteiger partial charge in [-0.15, -0.1) is 0 Å². The molecule has 1 fully saturated rings. The van der Waals surface area contributed by atoms with E-state index < -0.39 is 6.10 Å². The Morgan fingerprint density at radius 2 is 2.16 bits per heavy atom. The van der Waals surface area contributed by atoms with Crippen LogP contribution in [0.25, 0.3) is 0 Å². The van der Waals surface area contributed by atoms with Crippen molar-refractivity contribution < 1.29 is 9.84 Å². The number of aliphatic hydroxyl groups excluding tert-OH is 1. The summed E-state index contributed by atoms with van der Waals surface area (Å²) in [5.74, 6) is 0.882. The number of unbranched alkanes of at least 4 members (excludes halogenated alkanes) is 1. The van der Waals surface area contributed by atoms with Gasteiger partial charge >= 0.3 is 0 Å². The van der Waals surface area contributed by atoms with E-state index in [2.05, 4.69) is 14.9 Å². The zero-order valence-corrected chi connectivity index (χ0v) is 15.0. The van der Waals surface area contributed by atoms with E-state index in [4.69, 9.17) is 4.74 Å². The average Bonchev–Trinajstić information content (AvgIpc) is 3.13. The molecule has 1 aliphatic carbocycles. The number of benzene rings is 1. The largest absolute Gasteiger partial charge is 0.487 e. The summed E-state index contributed by atoms with van der Waals surface area (Å²) >= 11 is 0. The number of nitrogens with one attached hydrogen (secondary N) is 1. The van der Waals surface area contributed by atoms with Gasteiger partial charge < -0.3 is 19.7 Å². The molecule has 1 saturated carbocycles. The highest BCUT2D eigenvalue weighted by Gasteiger charge is 2.33. The summed E-state index contributed by atoms with van der Waals surface area (Å²) in [4.78, 5) is 4.05. The zero-order valence-electron chi connectivity index (χ0n) is 15.0. The second kappa shape index (κ2) is 9.02. The van der Waals surface area contributed by atoms with Crippen LogP contribution < -0.4 is 10.1 Å². The minimum Gasteiger partial charge on any atom is -0.487 e. The molecule has 0 spiro atoms. The van der Waals surface area contributed by atoms with E-state index in [0.29, 0.717) is 0 Å². The molecule has 5 nitrogen and oxygen atoms in total. The lowest BCUT2D eigenvalue weighted by atomic mass is 9.89. The average molecular weight is 343 g/mol. The van der Waals surface area contributed by atoms with Crippen molar-refractivity contribution in [2.75, 3.05) is 6.54 Å². The molecule has 1 heterocycles. The van der Waals surface area contributed by atoms with Gasteiger partial charge in [0, 0.05) is 25.0 Å². The maximum Gasteiger partial charge on any atom is 0.126 e. The molecule has 2 aromatic rings. The molecule has 0 bridgehead atoms. The van der Waals surface area contributed by atoms with Gasteiger partial charge in [-0.2, -0.15) is 0 Å². The third-order valence-electron chi connectivity index (χ3n) is 4.98. The molecule has 1 aromatic heterocycles. The first-order chi connectivity index (χ1) is 12.2. The van der Waals surface area contributed by atoms with Gasteiger partial charge in [-0.1, -0.05) is 18.2 Å². The Bertz CT molecular complexity index is 630. The quantitative estimate of drug-likeness (QED) is 0.724. The summed E-state index contributed by atoms with van der Waals surface area (Å²) in [5, 5.41) is 14.2. The van der Waals surface area contributed by atoms with E-state index in [-0.39, 0.29) is 12.1 Å². The molecule has 0 saturated heterocycles. The van der Waals surface area contributed by atoms with Gasteiger partial charge in [0.2, 0.25) is 0 Å². The topological polar surface area (TPSA) is 59.3 Å². The lowest BCUT2D eigenvalue weighted by Gasteiger charge is -2.35. The molecule has 3 atom stereocenters. The number of aryl methyl sites for hydroxylation is 2. The molecule has 136 valence electrons. The number of aromatic nitrogens is 2. The maximum absolute atomic E-state index is 10.7. The lowest BCUT2D eigenvalue weighted by molar-refractivity contribution is -0.0155. The fourth-order valence-electron chi connectivity index (χ4n) is 3.47. The Hall–Kier alpha value is -1.85. The summed E-state index contributed by atoms with van der Waals surface area (Å²) < 4.78 is 8.20. The molecule has 0 amide bonds. The summed E-state index contributed by atoms with van der Waals surface area (Å²) in [6.07, 6.45) is 10.3. The van der Waals surface area contributed by atoms with Gasteiger partial charge in [0.25, 0.3) is 0 Å². The highest BCUT2D eigenvalue weighted by atomic mass is 16.5. The normalized spacial score (nSPS) is 23.5. The highest BCUT2D eigenvalue weighted by molar-refractivity contribution is 5.32. The van der Waals surface area contributed by atoms with Crippen LogP contribution in [0.5, 0.6) is 5.75 Å². The number of nitrogens with zero attached hydrogens (tertiary/aromatic N) is 2. The van der Waals surface area contributed by atoms with Gasteiger partial charge in [0.1, 0.15) is 18.0 Å². The number of rotatable bonds is 8. The van der Waals surface area contributed by atoms with Gasteiger partial charge in [0.15, 0.2) is 0 Å². The fraction of sp³-hybridized carbons (Fsp3) is 0.550. The number of para-hydroxylation sites is 1. The number of hydrogen-bond acceptors (Lipinski definition) is 4. The molecular weight excluding hydrogens is 314 g/mol. The first-order valence-corrected chi connectivity index (χ1v) is 9.33. The summed E-state index contributed by atoms with van der Waals surface area (Å²) in [5.41, 5.74) is 1.12. The molecule has 3 rings (SSSR count). The van der Waals surface area contributed by atoms with Crippen molar-refractivity contribution >= 4 is 0 Å². The molecule has 25 heavy (non-hydrogen) atoms. The maximum atomic E-state index is 10.7. The van der Waals surface area contributed by atoms with Crippen molar-refractivity contribution in [3.8, 4) is 5.75 Å². The van der Waals surface area contributed by atoms with Gasteiger partial charge in [0.05, 0.1) is 6.33 Å². The fourth-order valence-corrected chi connectivity index (χ4v) is 3.47. The Labute approximate surface area is 150 Å². The van der Waals surface area contributed by atoms with E-state index in [1.807, 2.05) is 49.9 Å². The number of aliphatic hydroxyl groups is 1. The van der Waals surface area contributed by atoms with Crippen LogP contribution in [-0.2, 0) is 6.54 Å². The molecule has 0 unspecified atom stereocenters. The minimum absolute atomic E-state index is 0.121. The Kier molecular flexibility index (Phi) is 6.48. The van der Waals surface area contributed by atoms with Crippen molar-refractivity contribution in [1.82, 2.24) is 14.9 Å². The van der Waals surface area contributed by atoms with E-state index in [9.17, 15) is 5.11 Å². The molecule has 0 aliphatic heterocycles.